The largest absolute Gasteiger partial charge is 0.354 e. The van der Waals surface area contributed by atoms with E-state index >= 15 is 0 Å². The molecular weight excluding hydrogens is 396 g/mol. The van der Waals surface area contributed by atoms with E-state index in [0.717, 1.165) is 25.3 Å². The third-order valence-electron chi connectivity index (χ3n) is 4.06. The molecule has 0 saturated heterocycles. The zero-order valence-electron chi connectivity index (χ0n) is 17.2. The van der Waals surface area contributed by atoms with Gasteiger partial charge in [-0.15, -0.1) is 11.3 Å². The monoisotopic (exact) mass is 421 g/mol. The normalized spacial score (nSPS) is 11.0. The molecule has 0 aromatic carbocycles. The average molecular weight is 422 g/mol. The van der Waals surface area contributed by atoms with Crippen LogP contribution >= 0.6 is 11.3 Å². The molecule has 8 heteroatoms. The molecule has 156 valence electrons. The highest BCUT2D eigenvalue weighted by Gasteiger charge is 2.33. The van der Waals surface area contributed by atoms with E-state index < -0.39 is 11.7 Å². The first-order chi connectivity index (χ1) is 13.8. The molecule has 0 aliphatic heterocycles. The summed E-state index contributed by atoms with van der Waals surface area (Å²) in [5.41, 5.74) is 2.28. The number of carbonyl (C=O) groups excluding carboxylic acids is 1. The maximum Gasteiger partial charge on any atom is 0.304 e. The van der Waals surface area contributed by atoms with Crippen molar-refractivity contribution in [2.45, 2.75) is 53.4 Å². The molecule has 0 bridgehead atoms. The fraction of sp³-hybridized carbons (Fsp3) is 0.381. The SMILES string of the molecule is CC.CCCc1ccncc1NC(=O)c1ccc(-c2noc(C(C)(F)F)c2C)s1. The molecule has 0 radical (unpaired) electrons. The third-order valence-corrected chi connectivity index (χ3v) is 5.16. The molecule has 5 nitrogen and oxygen atoms in total. The highest BCUT2D eigenvalue weighted by atomic mass is 32.1. The van der Waals surface area contributed by atoms with Crippen molar-refractivity contribution in [1.82, 2.24) is 10.1 Å². The van der Waals surface area contributed by atoms with Crippen LogP contribution in [0.4, 0.5) is 14.5 Å². The van der Waals surface area contributed by atoms with Gasteiger partial charge in [0, 0.05) is 18.7 Å². The van der Waals surface area contributed by atoms with Crippen molar-refractivity contribution >= 4 is 22.9 Å². The summed E-state index contributed by atoms with van der Waals surface area (Å²) in [5, 5.41) is 6.63. The summed E-state index contributed by atoms with van der Waals surface area (Å²) in [6.45, 7) is 8.36. The molecule has 29 heavy (non-hydrogen) atoms. The van der Waals surface area contributed by atoms with Gasteiger partial charge in [-0.2, -0.15) is 8.78 Å². The van der Waals surface area contributed by atoms with E-state index in [-0.39, 0.29) is 11.5 Å². The highest BCUT2D eigenvalue weighted by Crippen LogP contribution is 2.37. The molecule has 3 rings (SSSR count). The van der Waals surface area contributed by atoms with Gasteiger partial charge in [-0.05, 0) is 37.1 Å². The smallest absolute Gasteiger partial charge is 0.304 e. The summed E-state index contributed by atoms with van der Waals surface area (Å²) < 4.78 is 31.9. The fourth-order valence-electron chi connectivity index (χ4n) is 2.77. The van der Waals surface area contributed by atoms with Crippen LogP contribution in [0.1, 0.15) is 60.7 Å². The molecule has 0 spiro atoms. The molecule has 0 aliphatic carbocycles. The summed E-state index contributed by atoms with van der Waals surface area (Å²) in [4.78, 5) is 17.7. The van der Waals surface area contributed by atoms with Gasteiger partial charge in [0.05, 0.1) is 21.6 Å². The highest BCUT2D eigenvalue weighted by molar-refractivity contribution is 7.17. The molecule has 0 aliphatic rings. The minimum Gasteiger partial charge on any atom is -0.354 e. The number of aryl methyl sites for hydroxylation is 1. The number of amides is 1. The minimum atomic E-state index is -3.11. The van der Waals surface area contributed by atoms with Gasteiger partial charge in [-0.1, -0.05) is 32.3 Å². The van der Waals surface area contributed by atoms with Crippen LogP contribution in [0.25, 0.3) is 10.6 Å². The van der Waals surface area contributed by atoms with Crippen molar-refractivity contribution < 1.29 is 18.1 Å². The Kier molecular flexibility index (Phi) is 7.61. The number of hydrogen-bond acceptors (Lipinski definition) is 5. The summed E-state index contributed by atoms with van der Waals surface area (Å²) in [7, 11) is 0. The Morgan fingerprint density at radius 3 is 2.62 bits per heavy atom. The van der Waals surface area contributed by atoms with Crippen LogP contribution in [-0.4, -0.2) is 16.0 Å². The predicted octanol–water partition coefficient (Wildman–Crippen LogP) is 6.45. The first kappa shape index (κ1) is 22.7. The number of thiophene rings is 1. The number of anilines is 1. The van der Waals surface area contributed by atoms with Crippen LogP contribution in [0.2, 0.25) is 0 Å². The van der Waals surface area contributed by atoms with Gasteiger partial charge in [-0.25, -0.2) is 0 Å². The van der Waals surface area contributed by atoms with Crippen LogP contribution in [0.3, 0.4) is 0 Å². The molecule has 3 aromatic heterocycles. The standard InChI is InChI=1S/C19H19F2N3O2S.C2H6/c1-4-5-12-8-9-22-10-13(12)23-18(25)15-7-6-14(27-15)16-11(2)17(26-24-16)19(3,20)21;1-2/h6-10H,4-5H2,1-3H3,(H,23,25);1-2H3. The molecule has 3 aromatic rings. The van der Waals surface area contributed by atoms with Gasteiger partial charge in [0.2, 0.25) is 5.76 Å². The van der Waals surface area contributed by atoms with Crippen LogP contribution in [0, 0.1) is 6.92 Å². The number of rotatable bonds is 6. The van der Waals surface area contributed by atoms with Gasteiger partial charge in [0.15, 0.2) is 0 Å². The third kappa shape index (κ3) is 5.26. The molecule has 0 unspecified atom stereocenters. The van der Waals surface area contributed by atoms with Gasteiger partial charge >= 0.3 is 5.92 Å². The Bertz CT molecular complexity index is 961. The average Bonchev–Trinajstić information content (AvgIpc) is 3.31. The van der Waals surface area contributed by atoms with Crippen LogP contribution in [0.15, 0.2) is 35.1 Å². The Morgan fingerprint density at radius 1 is 1.28 bits per heavy atom. The van der Waals surface area contributed by atoms with E-state index in [1.54, 1.807) is 24.5 Å². The second kappa shape index (κ2) is 9.73. The van der Waals surface area contributed by atoms with Gasteiger partial charge in [0.1, 0.15) is 5.69 Å². The molecule has 0 atom stereocenters. The zero-order chi connectivity index (χ0) is 21.6. The van der Waals surface area contributed by atoms with Crippen LogP contribution < -0.4 is 5.32 Å². The number of halogens is 2. The molecule has 1 N–H and O–H groups in total. The summed E-state index contributed by atoms with van der Waals surface area (Å²) >= 11 is 1.17. The molecular formula is C21H25F2N3O2S. The first-order valence-electron chi connectivity index (χ1n) is 9.50. The van der Waals surface area contributed by atoms with Crippen molar-refractivity contribution in [3.8, 4) is 10.6 Å². The van der Waals surface area contributed by atoms with Gasteiger partial charge in [0.25, 0.3) is 5.91 Å². The Labute approximate surface area is 173 Å². The van der Waals surface area contributed by atoms with E-state index in [1.165, 1.54) is 18.3 Å². The number of aromatic nitrogens is 2. The number of carbonyl (C=O) groups is 1. The quantitative estimate of drug-likeness (QED) is 0.497. The topological polar surface area (TPSA) is 68.0 Å². The first-order valence-corrected chi connectivity index (χ1v) is 10.3. The molecule has 0 fully saturated rings. The van der Waals surface area contributed by atoms with Crippen LogP contribution in [0.5, 0.6) is 0 Å². The Balaban J connectivity index is 0.00000145. The van der Waals surface area contributed by atoms with E-state index in [0.29, 0.717) is 21.1 Å². The van der Waals surface area contributed by atoms with Gasteiger partial charge < -0.3 is 9.84 Å². The lowest BCUT2D eigenvalue weighted by molar-refractivity contribution is -0.0112. The fourth-order valence-corrected chi connectivity index (χ4v) is 3.71. The maximum absolute atomic E-state index is 13.5. The second-order valence-electron chi connectivity index (χ2n) is 6.27. The van der Waals surface area contributed by atoms with E-state index in [4.69, 9.17) is 4.52 Å². The van der Waals surface area contributed by atoms with Crippen molar-refractivity contribution in [2.75, 3.05) is 5.32 Å². The second-order valence-corrected chi connectivity index (χ2v) is 7.36. The predicted molar refractivity (Wildman–Crippen MR) is 112 cm³/mol. The van der Waals surface area contributed by atoms with E-state index in [9.17, 15) is 13.6 Å². The van der Waals surface area contributed by atoms with E-state index in [1.807, 2.05) is 19.9 Å². The molecule has 1 amide bonds. The Morgan fingerprint density at radius 2 is 2.00 bits per heavy atom. The zero-order valence-corrected chi connectivity index (χ0v) is 18.0. The number of alkyl halides is 2. The minimum absolute atomic E-state index is 0.272. The lowest BCUT2D eigenvalue weighted by Crippen LogP contribution is -2.12. The maximum atomic E-state index is 13.5. The van der Waals surface area contributed by atoms with Gasteiger partial charge in [-0.3, -0.25) is 9.78 Å². The van der Waals surface area contributed by atoms with E-state index in [2.05, 4.69) is 22.4 Å². The van der Waals surface area contributed by atoms with Crippen molar-refractivity contribution in [3.63, 3.8) is 0 Å². The van der Waals surface area contributed by atoms with Crippen molar-refractivity contribution in [3.05, 3.63) is 52.4 Å². The lowest BCUT2D eigenvalue weighted by atomic mass is 10.1. The van der Waals surface area contributed by atoms with Crippen molar-refractivity contribution in [1.29, 1.82) is 0 Å². The Hall–Kier alpha value is -2.61. The number of pyridine rings is 1. The summed E-state index contributed by atoms with van der Waals surface area (Å²) in [6.07, 6.45) is 5.10. The van der Waals surface area contributed by atoms with Crippen LogP contribution in [-0.2, 0) is 12.3 Å². The van der Waals surface area contributed by atoms with Crippen molar-refractivity contribution in [2.24, 2.45) is 0 Å². The number of hydrogen-bond donors (Lipinski definition) is 1. The summed E-state index contributed by atoms with van der Waals surface area (Å²) in [6, 6.07) is 5.20. The number of nitrogens with zero attached hydrogens (tertiary/aromatic N) is 2. The molecule has 3 heterocycles. The number of nitrogens with one attached hydrogen (secondary N) is 1. The lowest BCUT2D eigenvalue weighted by Gasteiger charge is -2.08. The molecule has 0 saturated carbocycles. The summed E-state index contributed by atoms with van der Waals surface area (Å²) in [5.74, 6) is -3.85.